The van der Waals surface area contributed by atoms with E-state index in [0.717, 1.165) is 44.9 Å². The van der Waals surface area contributed by atoms with Crippen LogP contribution in [0.2, 0.25) is 0 Å². The maximum Gasteiger partial charge on any atom is 0.146 e. The normalized spacial score (nSPS) is 32.5. The first kappa shape index (κ1) is 37.8. The average Bonchev–Trinajstić information content (AvgIpc) is 2.86. The van der Waals surface area contributed by atoms with E-state index in [1.807, 2.05) is 6.92 Å². The molecule has 0 amide bonds. The predicted molar refractivity (Wildman–Crippen MR) is 178 cm³/mol. The van der Waals surface area contributed by atoms with Crippen molar-refractivity contribution in [2.75, 3.05) is 13.9 Å². The van der Waals surface area contributed by atoms with E-state index < -0.39 is 6.10 Å². The second-order valence-electron chi connectivity index (χ2n) is 17.7. The Morgan fingerprint density at radius 3 is 2.02 bits per heavy atom. The Morgan fingerprint density at radius 2 is 1.50 bits per heavy atom. The fourth-order valence-corrected chi connectivity index (χ4v) is 9.61. The molecule has 2 rings (SSSR count). The van der Waals surface area contributed by atoms with Gasteiger partial charge in [0.15, 0.2) is 0 Å². The molecular weight excluding hydrogens is 520 g/mol. The van der Waals surface area contributed by atoms with Gasteiger partial charge < -0.3 is 19.7 Å². The minimum absolute atomic E-state index is 0.0187. The Morgan fingerprint density at radius 1 is 0.905 bits per heavy atom. The van der Waals surface area contributed by atoms with E-state index in [9.17, 15) is 10.2 Å². The predicted octanol–water partition coefficient (Wildman–Crippen LogP) is 9.96. The second kappa shape index (κ2) is 13.9. The van der Waals surface area contributed by atoms with Crippen LogP contribution in [-0.4, -0.2) is 42.4 Å². The minimum Gasteiger partial charge on any atom is -0.393 e. The maximum absolute atomic E-state index is 11.0. The first-order valence-corrected chi connectivity index (χ1v) is 17.3. The van der Waals surface area contributed by atoms with Crippen molar-refractivity contribution in [2.24, 2.45) is 44.3 Å². The van der Waals surface area contributed by atoms with Crippen LogP contribution in [0.15, 0.2) is 11.6 Å². The van der Waals surface area contributed by atoms with Gasteiger partial charge in [-0.2, -0.15) is 0 Å². The molecule has 0 bridgehead atoms. The van der Waals surface area contributed by atoms with Gasteiger partial charge in [-0.25, -0.2) is 0 Å². The number of ether oxygens (including phenoxy) is 2. The summed E-state index contributed by atoms with van der Waals surface area (Å²) in [6.07, 6.45) is 12.6. The molecule has 0 spiro atoms. The third-order valence-electron chi connectivity index (χ3n) is 12.8. The van der Waals surface area contributed by atoms with E-state index in [1.165, 1.54) is 24.8 Å². The quantitative estimate of drug-likeness (QED) is 0.147. The van der Waals surface area contributed by atoms with Crippen LogP contribution in [0, 0.1) is 44.3 Å². The van der Waals surface area contributed by atoms with Crippen LogP contribution in [0.1, 0.15) is 154 Å². The third kappa shape index (κ3) is 7.86. The van der Waals surface area contributed by atoms with Crippen molar-refractivity contribution < 1.29 is 19.7 Å². The smallest absolute Gasteiger partial charge is 0.146 e. The lowest BCUT2D eigenvalue weighted by atomic mass is 9.41. The van der Waals surface area contributed by atoms with Crippen LogP contribution < -0.4 is 0 Å². The van der Waals surface area contributed by atoms with E-state index in [-0.39, 0.29) is 39.3 Å². The Kier molecular flexibility index (Phi) is 12.5. The van der Waals surface area contributed by atoms with Crippen molar-refractivity contribution in [1.82, 2.24) is 0 Å². The highest BCUT2D eigenvalue weighted by Gasteiger charge is 2.61. The van der Waals surface area contributed by atoms with Crippen molar-refractivity contribution in [2.45, 2.75) is 173 Å². The summed E-state index contributed by atoms with van der Waals surface area (Å²) in [5, 5.41) is 21.8. The van der Waals surface area contributed by atoms with Crippen molar-refractivity contribution in [3.8, 4) is 0 Å². The molecule has 42 heavy (non-hydrogen) atoms. The molecule has 2 aliphatic carbocycles. The molecule has 7 atom stereocenters. The SMILES string of the molecule is CCCC(C)(C)CC[C@@](C)(CCC(C)(C)[C@]1(C)CC[C@H]2C(C)(C)[C@@H](O)CC[C@]2(C)/C1=C/[C@H](C)O)C(OCOC)C(C)C. The molecule has 2 saturated carbocycles. The van der Waals surface area contributed by atoms with Gasteiger partial charge in [0, 0.05) is 7.11 Å². The summed E-state index contributed by atoms with van der Waals surface area (Å²) >= 11 is 0. The van der Waals surface area contributed by atoms with E-state index in [4.69, 9.17) is 9.47 Å². The highest BCUT2D eigenvalue weighted by Crippen LogP contribution is 2.68. The van der Waals surface area contributed by atoms with E-state index >= 15 is 0 Å². The zero-order valence-electron chi connectivity index (χ0n) is 30.5. The molecule has 248 valence electrons. The van der Waals surface area contributed by atoms with Gasteiger partial charge >= 0.3 is 0 Å². The van der Waals surface area contributed by atoms with Crippen LogP contribution in [-0.2, 0) is 9.47 Å². The summed E-state index contributed by atoms with van der Waals surface area (Å²) in [6.45, 7) is 30.9. The van der Waals surface area contributed by atoms with Gasteiger partial charge in [0.05, 0.1) is 18.3 Å². The lowest BCUT2D eigenvalue weighted by Gasteiger charge is -2.64. The van der Waals surface area contributed by atoms with Crippen molar-refractivity contribution in [3.63, 3.8) is 0 Å². The second-order valence-corrected chi connectivity index (χ2v) is 17.7. The standard InChI is InChI=1S/C38H72O4/c1-15-18-33(5,6)21-23-36(11,32(27(2)3)42-26-41-14)24-22-34(7,8)38(13)20-16-29-35(9,10)31(40)17-19-37(29,12)30(38)25-28(4)39/h25,27-29,31-32,39-40H,15-24,26H2,1-14H3/b30-25-/t28-,29-,31-,32?,36-,37-,38+/m0/s1. The molecule has 0 heterocycles. The van der Waals surface area contributed by atoms with E-state index in [0.29, 0.717) is 24.0 Å². The fraction of sp³-hybridized carbons (Fsp3) is 0.947. The van der Waals surface area contributed by atoms with Crippen LogP contribution in [0.5, 0.6) is 0 Å². The zero-order valence-corrected chi connectivity index (χ0v) is 30.5. The lowest BCUT2D eigenvalue weighted by Crippen LogP contribution is -2.57. The molecule has 0 aromatic carbocycles. The Bertz CT molecular complexity index is 886. The zero-order chi connectivity index (χ0) is 32.4. The number of methoxy groups -OCH3 is 1. The molecule has 4 nitrogen and oxygen atoms in total. The summed E-state index contributed by atoms with van der Waals surface area (Å²) in [5.41, 5.74) is 1.59. The van der Waals surface area contributed by atoms with Crippen LogP contribution >= 0.6 is 0 Å². The molecule has 4 heteroatoms. The first-order chi connectivity index (χ1) is 19.1. The topological polar surface area (TPSA) is 58.9 Å². The molecule has 0 aromatic rings. The molecule has 0 radical (unpaired) electrons. The molecule has 0 aromatic heterocycles. The fourth-order valence-electron chi connectivity index (χ4n) is 9.61. The third-order valence-corrected chi connectivity index (χ3v) is 12.8. The minimum atomic E-state index is -0.487. The van der Waals surface area contributed by atoms with Crippen molar-refractivity contribution >= 4 is 0 Å². The number of aliphatic hydroxyl groups is 2. The van der Waals surface area contributed by atoms with E-state index in [2.05, 4.69) is 89.2 Å². The van der Waals surface area contributed by atoms with E-state index in [1.54, 1.807) is 7.11 Å². The largest absolute Gasteiger partial charge is 0.393 e. The number of allylic oxidation sites excluding steroid dienone is 1. The van der Waals surface area contributed by atoms with Crippen molar-refractivity contribution in [3.05, 3.63) is 11.6 Å². The molecule has 2 N–H and O–H groups in total. The number of fused-ring (bicyclic) bond motifs is 1. The first-order valence-electron chi connectivity index (χ1n) is 17.3. The van der Waals surface area contributed by atoms with Crippen LogP contribution in [0.3, 0.4) is 0 Å². The van der Waals surface area contributed by atoms with Gasteiger partial charge in [0.25, 0.3) is 0 Å². The number of aliphatic hydroxyl groups excluding tert-OH is 2. The number of hydrogen-bond acceptors (Lipinski definition) is 4. The van der Waals surface area contributed by atoms with Gasteiger partial charge in [-0.15, -0.1) is 0 Å². The van der Waals surface area contributed by atoms with Gasteiger partial charge in [-0.3, -0.25) is 0 Å². The molecule has 2 fully saturated rings. The molecule has 0 aliphatic heterocycles. The number of hydrogen-bond donors (Lipinski definition) is 2. The Balaban J connectivity index is 2.49. The van der Waals surface area contributed by atoms with Gasteiger partial charge in [-0.1, -0.05) is 101 Å². The highest BCUT2D eigenvalue weighted by molar-refractivity contribution is 5.32. The summed E-state index contributed by atoms with van der Waals surface area (Å²) in [5.74, 6) is 0.801. The van der Waals surface area contributed by atoms with Crippen LogP contribution in [0.4, 0.5) is 0 Å². The summed E-state index contributed by atoms with van der Waals surface area (Å²) in [6, 6.07) is 0. The van der Waals surface area contributed by atoms with Gasteiger partial charge in [0.1, 0.15) is 6.79 Å². The van der Waals surface area contributed by atoms with Crippen molar-refractivity contribution in [1.29, 1.82) is 0 Å². The maximum atomic E-state index is 11.0. The lowest BCUT2D eigenvalue weighted by molar-refractivity contribution is -0.143. The van der Waals surface area contributed by atoms with Gasteiger partial charge in [0.2, 0.25) is 0 Å². The molecule has 1 unspecified atom stereocenters. The Hall–Kier alpha value is -0.420. The molecule has 0 saturated heterocycles. The highest BCUT2D eigenvalue weighted by atomic mass is 16.7. The summed E-state index contributed by atoms with van der Waals surface area (Å²) in [7, 11) is 1.72. The average molecular weight is 593 g/mol. The monoisotopic (exact) mass is 593 g/mol. The van der Waals surface area contributed by atoms with Crippen LogP contribution in [0.25, 0.3) is 0 Å². The Labute approximate surface area is 261 Å². The molecular formula is C38H72O4. The van der Waals surface area contributed by atoms with Gasteiger partial charge in [-0.05, 0) is 109 Å². The number of rotatable bonds is 15. The molecule has 2 aliphatic rings. The summed E-state index contributed by atoms with van der Waals surface area (Å²) < 4.78 is 11.9. The summed E-state index contributed by atoms with van der Waals surface area (Å²) in [4.78, 5) is 0.